The van der Waals surface area contributed by atoms with Crippen LogP contribution in [-0.2, 0) is 0 Å². The number of benzene rings is 1. The number of aromatic nitrogens is 5. The standard InChI is InChI=1S/C27H23ClFN7O2/c1-2-38-18-9-19(25-20-11-31-32-26(20)33-35(25)14-18)15-6-7-23(30-10-15)36-16-8-17(36)13-34(12-16)27(37)24-21(28)4-3-5-22(24)29/h3-7,9-11,14,16-17H,2,8,12-13H2,1H3,(H,32,33). The summed E-state index contributed by atoms with van der Waals surface area (Å²) in [6, 6.07) is 10.6. The number of nitrogens with one attached hydrogen (secondary N) is 1. The van der Waals surface area contributed by atoms with Crippen molar-refractivity contribution in [3.8, 4) is 16.9 Å². The van der Waals surface area contributed by atoms with Crippen molar-refractivity contribution in [1.82, 2.24) is 29.7 Å². The van der Waals surface area contributed by atoms with Gasteiger partial charge in [-0.2, -0.15) is 5.10 Å². The number of rotatable bonds is 5. The first-order chi connectivity index (χ1) is 18.5. The summed E-state index contributed by atoms with van der Waals surface area (Å²) in [5, 5.41) is 12.7. The molecule has 8 rings (SSSR count). The van der Waals surface area contributed by atoms with E-state index in [4.69, 9.17) is 21.3 Å². The van der Waals surface area contributed by atoms with Gasteiger partial charge in [0.05, 0.1) is 52.6 Å². The van der Waals surface area contributed by atoms with Crippen LogP contribution in [0.1, 0.15) is 23.7 Å². The minimum atomic E-state index is -0.593. The lowest BCUT2D eigenvalue weighted by atomic mass is 9.87. The van der Waals surface area contributed by atoms with E-state index in [0.29, 0.717) is 31.1 Å². The van der Waals surface area contributed by atoms with Gasteiger partial charge in [0, 0.05) is 30.4 Å². The number of amides is 1. The number of piperazine rings is 1. The molecule has 2 bridgehead atoms. The number of nitrogens with zero attached hydrogens (tertiary/aromatic N) is 6. The van der Waals surface area contributed by atoms with Crippen molar-refractivity contribution in [3.63, 3.8) is 0 Å². The molecular formula is C27H23ClFN7O2. The average molecular weight is 532 g/mol. The maximum atomic E-state index is 14.3. The highest BCUT2D eigenvalue weighted by molar-refractivity contribution is 6.33. The van der Waals surface area contributed by atoms with Gasteiger partial charge in [-0.25, -0.2) is 13.9 Å². The Morgan fingerprint density at radius 2 is 2.05 bits per heavy atom. The summed E-state index contributed by atoms with van der Waals surface area (Å²) in [6.45, 7) is 3.48. The highest BCUT2D eigenvalue weighted by atomic mass is 35.5. The van der Waals surface area contributed by atoms with Gasteiger partial charge in [-0.15, -0.1) is 5.10 Å². The molecule has 192 valence electrons. The van der Waals surface area contributed by atoms with Gasteiger partial charge in [-0.3, -0.25) is 9.89 Å². The van der Waals surface area contributed by atoms with Crippen LogP contribution in [0.2, 0.25) is 5.02 Å². The molecule has 2 atom stereocenters. The van der Waals surface area contributed by atoms with Crippen molar-refractivity contribution < 1.29 is 13.9 Å². The molecule has 0 saturated carbocycles. The number of fused-ring (bicyclic) bond motifs is 5. The van der Waals surface area contributed by atoms with E-state index < -0.39 is 5.82 Å². The van der Waals surface area contributed by atoms with Gasteiger partial charge in [-0.05, 0) is 43.7 Å². The number of carbonyl (C=O) groups excluding carboxylic acids is 1. The Hall–Kier alpha value is -4.18. The number of hydrogen-bond donors (Lipinski definition) is 1. The Morgan fingerprint density at radius 3 is 2.79 bits per heavy atom. The highest BCUT2D eigenvalue weighted by Crippen LogP contribution is 2.39. The SMILES string of the molecule is CCOc1cc(-c2ccc(N3C4CC3CN(C(=O)c3c(F)cccc3Cl)C4)nc2)c2c3cn[nH]c3nn2c1. The van der Waals surface area contributed by atoms with Crippen LogP contribution in [0.3, 0.4) is 0 Å². The number of halogens is 2. The molecule has 3 aliphatic heterocycles. The average Bonchev–Trinajstić information content (AvgIpc) is 3.50. The Kier molecular flexibility index (Phi) is 5.26. The van der Waals surface area contributed by atoms with E-state index in [0.717, 1.165) is 34.3 Å². The fourth-order valence-corrected chi connectivity index (χ4v) is 5.96. The van der Waals surface area contributed by atoms with Crippen molar-refractivity contribution in [2.75, 3.05) is 24.6 Å². The molecule has 1 amide bonds. The number of pyridine rings is 2. The van der Waals surface area contributed by atoms with Crippen LogP contribution < -0.4 is 9.64 Å². The van der Waals surface area contributed by atoms with E-state index >= 15 is 0 Å². The van der Waals surface area contributed by atoms with Crippen LogP contribution in [0.25, 0.3) is 27.7 Å². The van der Waals surface area contributed by atoms with Crippen molar-refractivity contribution in [2.45, 2.75) is 25.4 Å². The summed E-state index contributed by atoms with van der Waals surface area (Å²) in [5.41, 5.74) is 3.44. The van der Waals surface area contributed by atoms with Gasteiger partial charge in [-0.1, -0.05) is 17.7 Å². The molecule has 11 heteroatoms. The van der Waals surface area contributed by atoms with Gasteiger partial charge in [0.1, 0.15) is 17.4 Å². The summed E-state index contributed by atoms with van der Waals surface area (Å²) >= 11 is 6.14. The highest BCUT2D eigenvalue weighted by Gasteiger charge is 2.47. The number of piperidine rings is 1. The second-order valence-electron chi connectivity index (χ2n) is 9.61. The van der Waals surface area contributed by atoms with Crippen LogP contribution in [-0.4, -0.2) is 67.4 Å². The second-order valence-corrected chi connectivity index (χ2v) is 10.0. The molecule has 3 aliphatic rings. The number of ether oxygens (including phenoxy) is 1. The van der Waals surface area contributed by atoms with E-state index in [1.165, 1.54) is 12.1 Å². The first-order valence-corrected chi connectivity index (χ1v) is 12.9. The summed E-state index contributed by atoms with van der Waals surface area (Å²) in [6.07, 6.45) is 6.45. The second kappa shape index (κ2) is 8.70. The summed E-state index contributed by atoms with van der Waals surface area (Å²) in [4.78, 5) is 21.8. The minimum absolute atomic E-state index is 0.0586. The Bertz CT molecular complexity index is 1670. The predicted octanol–water partition coefficient (Wildman–Crippen LogP) is 4.57. The third kappa shape index (κ3) is 3.51. The molecule has 9 nitrogen and oxygen atoms in total. The molecule has 0 spiro atoms. The Labute approximate surface area is 221 Å². The Morgan fingerprint density at radius 1 is 1.21 bits per heavy atom. The summed E-state index contributed by atoms with van der Waals surface area (Å²) in [7, 11) is 0. The van der Waals surface area contributed by atoms with Crippen molar-refractivity contribution in [2.24, 2.45) is 0 Å². The molecule has 4 aromatic heterocycles. The number of anilines is 1. The fourth-order valence-electron chi connectivity index (χ4n) is 5.71. The topological polar surface area (TPSA) is 91.6 Å². The van der Waals surface area contributed by atoms with Crippen LogP contribution in [0.15, 0.2) is 55.0 Å². The molecule has 7 heterocycles. The van der Waals surface area contributed by atoms with Gasteiger partial charge in [0.25, 0.3) is 5.91 Å². The zero-order chi connectivity index (χ0) is 26.0. The maximum absolute atomic E-state index is 14.3. The third-order valence-corrected chi connectivity index (χ3v) is 7.71. The van der Waals surface area contributed by atoms with Crippen molar-refractivity contribution >= 4 is 39.9 Å². The number of H-pyrrole nitrogens is 1. The smallest absolute Gasteiger partial charge is 0.258 e. The predicted molar refractivity (Wildman–Crippen MR) is 141 cm³/mol. The normalized spacial score (nSPS) is 18.7. The molecule has 0 radical (unpaired) electrons. The zero-order valence-corrected chi connectivity index (χ0v) is 21.2. The lowest BCUT2D eigenvalue weighted by molar-refractivity contribution is 0.0571. The fraction of sp³-hybridized carbons (Fsp3) is 0.259. The molecule has 2 unspecified atom stereocenters. The van der Waals surface area contributed by atoms with Gasteiger partial charge in [0.2, 0.25) is 0 Å². The number of hydrogen-bond acceptors (Lipinski definition) is 6. The zero-order valence-electron chi connectivity index (χ0n) is 20.4. The molecule has 3 fully saturated rings. The molecule has 1 N–H and O–H groups in total. The van der Waals surface area contributed by atoms with Gasteiger partial charge in [0.15, 0.2) is 5.65 Å². The molecule has 1 aromatic carbocycles. The number of carbonyl (C=O) groups is 1. The van der Waals surface area contributed by atoms with E-state index in [2.05, 4.69) is 20.2 Å². The van der Waals surface area contributed by atoms with Crippen LogP contribution >= 0.6 is 11.6 Å². The van der Waals surface area contributed by atoms with E-state index in [1.54, 1.807) is 17.2 Å². The van der Waals surface area contributed by atoms with Gasteiger partial charge >= 0.3 is 0 Å². The largest absolute Gasteiger partial charge is 0.492 e. The lowest BCUT2D eigenvalue weighted by Gasteiger charge is -2.56. The first-order valence-electron chi connectivity index (χ1n) is 12.5. The number of aromatic amines is 1. The quantitative estimate of drug-likeness (QED) is 0.357. The van der Waals surface area contributed by atoms with Crippen molar-refractivity contribution in [3.05, 3.63) is 71.4 Å². The Balaban J connectivity index is 1.16. The van der Waals surface area contributed by atoms with Crippen LogP contribution in [0.5, 0.6) is 5.75 Å². The van der Waals surface area contributed by atoms with Crippen LogP contribution in [0.4, 0.5) is 10.2 Å². The molecule has 38 heavy (non-hydrogen) atoms. The minimum Gasteiger partial charge on any atom is -0.492 e. The maximum Gasteiger partial charge on any atom is 0.258 e. The first kappa shape index (κ1) is 23.0. The van der Waals surface area contributed by atoms with E-state index in [1.807, 2.05) is 42.0 Å². The van der Waals surface area contributed by atoms with Gasteiger partial charge < -0.3 is 14.5 Å². The molecule has 3 saturated heterocycles. The van der Waals surface area contributed by atoms with Crippen molar-refractivity contribution in [1.29, 1.82) is 0 Å². The molecular weight excluding hydrogens is 509 g/mol. The lowest BCUT2D eigenvalue weighted by Crippen LogP contribution is -2.70. The van der Waals surface area contributed by atoms with E-state index in [9.17, 15) is 9.18 Å². The molecule has 0 aliphatic carbocycles. The van der Waals surface area contributed by atoms with E-state index in [-0.39, 0.29) is 28.6 Å². The third-order valence-electron chi connectivity index (χ3n) is 7.39. The summed E-state index contributed by atoms with van der Waals surface area (Å²) < 4.78 is 21.9. The van der Waals surface area contributed by atoms with Crippen LogP contribution in [0, 0.1) is 5.82 Å². The monoisotopic (exact) mass is 531 g/mol. The summed E-state index contributed by atoms with van der Waals surface area (Å²) in [5.74, 6) is 0.610. The molecule has 5 aromatic rings.